The number of piperidine rings is 1. The van der Waals surface area contributed by atoms with Crippen molar-refractivity contribution >= 4 is 6.03 Å². The van der Waals surface area contributed by atoms with Crippen LogP contribution in [0.4, 0.5) is 4.79 Å². The summed E-state index contributed by atoms with van der Waals surface area (Å²) >= 11 is 0. The Kier molecular flexibility index (Phi) is 7.92. The molecule has 0 aromatic heterocycles. The molecule has 5 nitrogen and oxygen atoms in total. The number of likely N-dealkylation sites (tertiary alicyclic amines) is 1. The summed E-state index contributed by atoms with van der Waals surface area (Å²) in [7, 11) is 0. The Bertz CT molecular complexity index is 276. The number of nitrogens with zero attached hydrogens (tertiary/aromatic N) is 1. The molecule has 0 saturated carbocycles. The molecule has 1 atom stereocenters. The van der Waals surface area contributed by atoms with Crippen LogP contribution in [-0.4, -0.2) is 54.4 Å². The minimum absolute atomic E-state index is 0.0704. The lowest BCUT2D eigenvalue weighted by atomic mass is 10.0. The van der Waals surface area contributed by atoms with Crippen molar-refractivity contribution in [3.63, 3.8) is 0 Å². The van der Waals surface area contributed by atoms with Crippen molar-refractivity contribution < 1.29 is 9.90 Å². The number of carbonyl (C=O) groups excluding carboxylic acids is 1. The highest BCUT2D eigenvalue weighted by atomic mass is 16.3. The zero-order valence-corrected chi connectivity index (χ0v) is 13.2. The Morgan fingerprint density at radius 1 is 1.35 bits per heavy atom. The van der Waals surface area contributed by atoms with E-state index in [4.69, 9.17) is 5.11 Å². The van der Waals surface area contributed by atoms with Gasteiger partial charge in [0.2, 0.25) is 0 Å². The van der Waals surface area contributed by atoms with Crippen LogP contribution in [0.5, 0.6) is 0 Å². The number of urea groups is 1. The van der Waals surface area contributed by atoms with Gasteiger partial charge in [-0.2, -0.15) is 0 Å². The van der Waals surface area contributed by atoms with E-state index in [2.05, 4.69) is 29.4 Å². The van der Waals surface area contributed by atoms with Gasteiger partial charge >= 0.3 is 6.03 Å². The highest BCUT2D eigenvalue weighted by Crippen LogP contribution is 2.12. The first-order chi connectivity index (χ1) is 9.55. The van der Waals surface area contributed by atoms with E-state index >= 15 is 0 Å². The highest BCUT2D eigenvalue weighted by molar-refractivity contribution is 5.74. The molecule has 0 aliphatic carbocycles. The molecular formula is C15H31N3O2. The van der Waals surface area contributed by atoms with E-state index in [1.807, 2.05) is 6.92 Å². The number of amides is 2. The molecule has 0 aromatic rings. The van der Waals surface area contributed by atoms with Gasteiger partial charge in [-0.25, -0.2) is 4.79 Å². The third-order valence-electron chi connectivity index (χ3n) is 3.85. The Balaban J connectivity index is 2.24. The molecule has 0 bridgehead atoms. The number of aliphatic hydroxyl groups is 1. The molecule has 1 unspecified atom stereocenters. The summed E-state index contributed by atoms with van der Waals surface area (Å²) in [6.07, 6.45) is 3.52. The molecule has 1 rings (SSSR count). The van der Waals surface area contributed by atoms with Crippen LogP contribution < -0.4 is 10.6 Å². The average molecular weight is 285 g/mol. The molecule has 5 heteroatoms. The predicted molar refractivity (Wildman–Crippen MR) is 81.7 cm³/mol. The van der Waals surface area contributed by atoms with Gasteiger partial charge in [-0.1, -0.05) is 20.8 Å². The second-order valence-electron chi connectivity index (χ2n) is 6.20. The molecular weight excluding hydrogens is 254 g/mol. The molecule has 1 aliphatic heterocycles. The molecule has 118 valence electrons. The fourth-order valence-corrected chi connectivity index (χ4v) is 2.72. The minimum Gasteiger partial charge on any atom is -0.396 e. The van der Waals surface area contributed by atoms with Crippen molar-refractivity contribution in [1.29, 1.82) is 0 Å². The fraction of sp³-hybridized carbons (Fsp3) is 0.933. The van der Waals surface area contributed by atoms with E-state index in [1.165, 1.54) is 0 Å². The maximum atomic E-state index is 11.9. The van der Waals surface area contributed by atoms with Gasteiger partial charge in [0.1, 0.15) is 0 Å². The van der Waals surface area contributed by atoms with Gasteiger partial charge in [-0.3, -0.25) is 0 Å². The molecule has 0 radical (unpaired) electrons. The summed E-state index contributed by atoms with van der Waals surface area (Å²) in [5, 5.41) is 14.9. The van der Waals surface area contributed by atoms with Crippen LogP contribution in [0.1, 0.15) is 46.5 Å². The van der Waals surface area contributed by atoms with E-state index in [0.717, 1.165) is 38.9 Å². The largest absolute Gasteiger partial charge is 0.396 e. The van der Waals surface area contributed by atoms with E-state index < -0.39 is 0 Å². The molecule has 0 spiro atoms. The summed E-state index contributed by atoms with van der Waals surface area (Å²) < 4.78 is 0. The van der Waals surface area contributed by atoms with Gasteiger partial charge in [0, 0.05) is 38.3 Å². The summed E-state index contributed by atoms with van der Waals surface area (Å²) in [5.41, 5.74) is 0. The van der Waals surface area contributed by atoms with Crippen LogP contribution in [0.15, 0.2) is 0 Å². The minimum atomic E-state index is -0.0902. The van der Waals surface area contributed by atoms with Gasteiger partial charge in [0.05, 0.1) is 0 Å². The molecule has 1 heterocycles. The number of rotatable bonds is 7. The summed E-state index contributed by atoms with van der Waals surface area (Å²) in [4.78, 5) is 14.4. The Hall–Kier alpha value is -0.810. The molecule has 3 N–H and O–H groups in total. The van der Waals surface area contributed by atoms with Crippen molar-refractivity contribution in [3.8, 4) is 0 Å². The van der Waals surface area contributed by atoms with E-state index in [-0.39, 0.29) is 24.7 Å². The number of hydrogen-bond donors (Lipinski definition) is 3. The van der Waals surface area contributed by atoms with Crippen molar-refractivity contribution in [2.75, 3.05) is 26.2 Å². The van der Waals surface area contributed by atoms with Crippen LogP contribution in [0, 0.1) is 5.92 Å². The Labute approximate surface area is 123 Å². The molecule has 2 amide bonds. The molecule has 1 saturated heterocycles. The fourth-order valence-electron chi connectivity index (χ4n) is 2.72. The van der Waals surface area contributed by atoms with Gasteiger partial charge < -0.3 is 20.6 Å². The van der Waals surface area contributed by atoms with E-state index in [0.29, 0.717) is 12.3 Å². The van der Waals surface area contributed by atoms with Crippen LogP contribution in [0.3, 0.4) is 0 Å². The maximum absolute atomic E-state index is 11.9. The first-order valence-corrected chi connectivity index (χ1v) is 7.95. The predicted octanol–water partition coefficient (Wildman–Crippen LogP) is 1.57. The third-order valence-corrected chi connectivity index (χ3v) is 3.85. The van der Waals surface area contributed by atoms with Gasteiger partial charge in [-0.15, -0.1) is 0 Å². The summed E-state index contributed by atoms with van der Waals surface area (Å²) in [5.74, 6) is 0.701. The lowest BCUT2D eigenvalue weighted by Crippen LogP contribution is -2.50. The lowest BCUT2D eigenvalue weighted by Gasteiger charge is -2.33. The van der Waals surface area contributed by atoms with Crippen LogP contribution in [0.2, 0.25) is 0 Å². The third kappa shape index (κ3) is 6.57. The standard InChI is InChI=1S/C15H31N3O2/c1-4-13(7-10-19)16-15(20)17-14-5-8-18(9-6-14)11-12(2)3/h12-14,19H,4-11H2,1-3H3,(H2,16,17,20). The molecule has 0 aromatic carbocycles. The summed E-state index contributed by atoms with van der Waals surface area (Å²) in [6.45, 7) is 9.90. The normalized spacial score (nSPS) is 19.1. The van der Waals surface area contributed by atoms with Crippen molar-refractivity contribution in [1.82, 2.24) is 15.5 Å². The van der Waals surface area contributed by atoms with E-state index in [9.17, 15) is 4.79 Å². The lowest BCUT2D eigenvalue weighted by molar-refractivity contribution is 0.176. The number of nitrogens with one attached hydrogen (secondary N) is 2. The Morgan fingerprint density at radius 2 is 2.00 bits per heavy atom. The second kappa shape index (κ2) is 9.19. The van der Waals surface area contributed by atoms with Gasteiger partial charge in [0.15, 0.2) is 0 Å². The first-order valence-electron chi connectivity index (χ1n) is 7.95. The van der Waals surface area contributed by atoms with Crippen LogP contribution in [-0.2, 0) is 0 Å². The Morgan fingerprint density at radius 3 is 2.50 bits per heavy atom. The van der Waals surface area contributed by atoms with Crippen LogP contribution in [0.25, 0.3) is 0 Å². The highest BCUT2D eigenvalue weighted by Gasteiger charge is 2.21. The van der Waals surface area contributed by atoms with E-state index in [1.54, 1.807) is 0 Å². The quantitative estimate of drug-likeness (QED) is 0.665. The summed E-state index contributed by atoms with van der Waals surface area (Å²) in [6, 6.07) is 0.263. The maximum Gasteiger partial charge on any atom is 0.315 e. The van der Waals surface area contributed by atoms with Crippen molar-refractivity contribution in [2.24, 2.45) is 5.92 Å². The number of aliphatic hydroxyl groups excluding tert-OH is 1. The molecule has 1 aliphatic rings. The molecule has 1 fully saturated rings. The van der Waals surface area contributed by atoms with Gasteiger partial charge in [-0.05, 0) is 31.6 Å². The number of hydrogen-bond acceptors (Lipinski definition) is 3. The topological polar surface area (TPSA) is 64.6 Å². The molecule has 20 heavy (non-hydrogen) atoms. The zero-order chi connectivity index (χ0) is 15.0. The second-order valence-corrected chi connectivity index (χ2v) is 6.20. The van der Waals surface area contributed by atoms with Crippen LogP contribution >= 0.6 is 0 Å². The van der Waals surface area contributed by atoms with Crippen molar-refractivity contribution in [3.05, 3.63) is 0 Å². The zero-order valence-electron chi connectivity index (χ0n) is 13.2. The monoisotopic (exact) mass is 285 g/mol. The van der Waals surface area contributed by atoms with Gasteiger partial charge in [0.25, 0.3) is 0 Å². The SMILES string of the molecule is CCC(CCO)NC(=O)NC1CCN(CC(C)C)CC1. The first kappa shape index (κ1) is 17.2. The average Bonchev–Trinajstić information content (AvgIpc) is 2.40. The van der Waals surface area contributed by atoms with Crippen molar-refractivity contribution in [2.45, 2.75) is 58.5 Å². The number of carbonyl (C=O) groups is 1. The smallest absolute Gasteiger partial charge is 0.315 e.